The van der Waals surface area contributed by atoms with Gasteiger partial charge in [-0.25, -0.2) is 0 Å². The largest absolute Gasteiger partial charge is 0.455 e. The Balaban J connectivity index is 1.21. The number of thiophene rings is 1. The Morgan fingerprint density at radius 3 is 2.13 bits per heavy atom. The van der Waals surface area contributed by atoms with Crippen molar-refractivity contribution >= 4 is 92.1 Å². The van der Waals surface area contributed by atoms with Gasteiger partial charge in [0.1, 0.15) is 11.2 Å². The zero-order valence-corrected chi connectivity index (χ0v) is 29.5. The Morgan fingerprint density at radius 2 is 1.25 bits per heavy atom. The van der Waals surface area contributed by atoms with Crippen molar-refractivity contribution in [3.63, 3.8) is 0 Å². The lowest BCUT2D eigenvalue weighted by molar-refractivity contribution is 0.670. The molecule has 0 saturated heterocycles. The molecule has 8 aromatic carbocycles. The zero-order chi connectivity index (χ0) is 34.2. The summed E-state index contributed by atoms with van der Waals surface area (Å²) in [6, 6.07) is 58.0. The van der Waals surface area contributed by atoms with Crippen LogP contribution >= 0.6 is 11.3 Å². The molecule has 1 fully saturated rings. The molecule has 3 heteroatoms. The minimum Gasteiger partial charge on any atom is -0.455 e. The summed E-state index contributed by atoms with van der Waals surface area (Å²) in [6.45, 7) is 0. The second kappa shape index (κ2) is 11.8. The predicted molar refractivity (Wildman–Crippen MR) is 223 cm³/mol. The summed E-state index contributed by atoms with van der Waals surface area (Å²) < 4.78 is 9.43. The van der Waals surface area contributed by atoms with Gasteiger partial charge in [-0.3, -0.25) is 0 Å². The van der Waals surface area contributed by atoms with Crippen LogP contribution in [-0.4, -0.2) is 0 Å². The normalized spacial score (nSPS) is 13.8. The number of hydrogen-bond donors (Lipinski definition) is 0. The topological polar surface area (TPSA) is 16.4 Å². The fourth-order valence-corrected chi connectivity index (χ4v) is 10.2. The van der Waals surface area contributed by atoms with E-state index in [1.54, 1.807) is 0 Å². The van der Waals surface area contributed by atoms with Gasteiger partial charge in [0.2, 0.25) is 0 Å². The summed E-state index contributed by atoms with van der Waals surface area (Å²) in [7, 11) is 0. The van der Waals surface area contributed by atoms with Crippen LogP contribution in [0.4, 0.5) is 17.1 Å². The molecule has 0 spiro atoms. The highest BCUT2D eigenvalue weighted by atomic mass is 32.1. The van der Waals surface area contributed by atoms with E-state index in [4.69, 9.17) is 4.42 Å². The smallest absolute Gasteiger partial charge is 0.143 e. The van der Waals surface area contributed by atoms with Crippen LogP contribution in [-0.2, 0) is 0 Å². The van der Waals surface area contributed by atoms with Crippen molar-refractivity contribution in [3.8, 4) is 11.1 Å². The number of benzene rings is 8. The molecule has 0 radical (unpaired) electrons. The van der Waals surface area contributed by atoms with Crippen LogP contribution in [0, 0.1) is 0 Å². The molecule has 1 aliphatic rings. The molecule has 2 nitrogen and oxygen atoms in total. The summed E-state index contributed by atoms with van der Waals surface area (Å²) in [5.41, 5.74) is 9.22. The molecule has 10 aromatic rings. The van der Waals surface area contributed by atoms with Crippen molar-refractivity contribution in [2.75, 3.05) is 4.90 Å². The van der Waals surface area contributed by atoms with Crippen molar-refractivity contribution in [1.82, 2.24) is 0 Å². The molecular formula is C49H35NOS. The van der Waals surface area contributed by atoms with Crippen LogP contribution in [0.15, 0.2) is 162 Å². The lowest BCUT2D eigenvalue weighted by atomic mass is 9.92. The first-order valence-corrected chi connectivity index (χ1v) is 19.3. The maximum absolute atomic E-state index is 6.80. The summed E-state index contributed by atoms with van der Waals surface area (Å²) >= 11 is 1.90. The fourth-order valence-electron chi connectivity index (χ4n) is 8.93. The highest BCUT2D eigenvalue weighted by Gasteiger charge is 2.25. The third-order valence-corrected chi connectivity index (χ3v) is 12.6. The van der Waals surface area contributed by atoms with Gasteiger partial charge in [-0.15, -0.1) is 11.3 Å². The van der Waals surface area contributed by atoms with Crippen molar-refractivity contribution < 1.29 is 4.42 Å². The second-order valence-corrected chi connectivity index (χ2v) is 15.4. The first-order valence-electron chi connectivity index (χ1n) is 18.4. The van der Waals surface area contributed by atoms with E-state index < -0.39 is 0 Å². The molecule has 11 rings (SSSR count). The highest BCUT2D eigenvalue weighted by Crippen LogP contribution is 2.49. The SMILES string of the molecule is c1ccc(-c2cccc(N(c3ccc4c(c3)sc3c5ccccc5ccc43)c3cc4c(oc5cccc(C6CCCC6)c54)c4ccccc34)c2)cc1. The van der Waals surface area contributed by atoms with Gasteiger partial charge in [-0.1, -0.05) is 134 Å². The van der Waals surface area contributed by atoms with E-state index in [0.29, 0.717) is 5.92 Å². The van der Waals surface area contributed by atoms with E-state index in [0.717, 1.165) is 33.6 Å². The van der Waals surface area contributed by atoms with Crippen LogP contribution in [0.1, 0.15) is 37.2 Å². The van der Waals surface area contributed by atoms with Crippen molar-refractivity contribution in [2.45, 2.75) is 31.6 Å². The van der Waals surface area contributed by atoms with Gasteiger partial charge in [0.05, 0.1) is 5.69 Å². The molecule has 2 heterocycles. The number of nitrogens with zero attached hydrogens (tertiary/aromatic N) is 1. The minimum atomic E-state index is 0.574. The number of fused-ring (bicyclic) bond motifs is 10. The number of hydrogen-bond acceptors (Lipinski definition) is 3. The molecule has 0 N–H and O–H groups in total. The van der Waals surface area contributed by atoms with Crippen LogP contribution < -0.4 is 4.90 Å². The van der Waals surface area contributed by atoms with Crippen molar-refractivity contribution in [1.29, 1.82) is 0 Å². The van der Waals surface area contributed by atoms with E-state index in [9.17, 15) is 0 Å². The Morgan fingerprint density at radius 1 is 0.519 bits per heavy atom. The standard InChI is InChI=1S/C49H35NOS/c1-2-12-31(13-3-1)34-17-10-18-35(28-34)50(36-25-27-40-42-26-24-33-16-6-7-19-38(33)49(42)52-46(40)29-36)44-30-43-47-37(32-14-4-5-15-32)22-11-23-45(47)51-48(43)41-21-9-8-20-39(41)44/h1-3,6-13,16-30,32H,4-5,14-15H2. The van der Waals surface area contributed by atoms with Gasteiger partial charge in [0.15, 0.2) is 0 Å². The summed E-state index contributed by atoms with van der Waals surface area (Å²) in [4.78, 5) is 2.48. The van der Waals surface area contributed by atoms with Crippen molar-refractivity contribution in [2.24, 2.45) is 0 Å². The number of furan rings is 1. The van der Waals surface area contributed by atoms with Crippen molar-refractivity contribution in [3.05, 3.63) is 163 Å². The molecule has 0 atom stereocenters. The molecule has 248 valence electrons. The van der Waals surface area contributed by atoms with E-state index >= 15 is 0 Å². The lowest BCUT2D eigenvalue weighted by Crippen LogP contribution is -2.10. The predicted octanol–water partition coefficient (Wildman–Crippen LogP) is 15.1. The average molecular weight is 686 g/mol. The Labute approximate surface area is 306 Å². The third kappa shape index (κ3) is 4.62. The molecule has 52 heavy (non-hydrogen) atoms. The van der Waals surface area contributed by atoms with Crippen LogP contribution in [0.3, 0.4) is 0 Å². The summed E-state index contributed by atoms with van der Waals surface area (Å²) in [6.07, 6.45) is 5.09. The van der Waals surface area contributed by atoms with Gasteiger partial charge in [-0.05, 0) is 82.6 Å². The van der Waals surface area contributed by atoms with E-state index in [-0.39, 0.29) is 0 Å². The maximum Gasteiger partial charge on any atom is 0.143 e. The van der Waals surface area contributed by atoms with Crippen LogP contribution in [0.25, 0.3) is 74.8 Å². The van der Waals surface area contributed by atoms with E-state index in [2.05, 4.69) is 163 Å². The van der Waals surface area contributed by atoms with Gasteiger partial charge in [0.25, 0.3) is 0 Å². The third-order valence-electron chi connectivity index (χ3n) is 11.4. The molecule has 0 bridgehead atoms. The minimum absolute atomic E-state index is 0.574. The molecular weight excluding hydrogens is 651 g/mol. The average Bonchev–Trinajstić information content (AvgIpc) is 3.97. The monoisotopic (exact) mass is 685 g/mol. The fraction of sp³-hybridized carbons (Fsp3) is 0.102. The summed E-state index contributed by atoms with van der Waals surface area (Å²) in [5.74, 6) is 0.574. The Kier molecular flexibility index (Phi) is 6.78. The van der Waals surface area contributed by atoms with Gasteiger partial charge >= 0.3 is 0 Å². The summed E-state index contributed by atoms with van der Waals surface area (Å²) in [5, 5.41) is 10.0. The van der Waals surface area contributed by atoms with E-state index in [1.165, 1.54) is 89.5 Å². The van der Waals surface area contributed by atoms with Gasteiger partial charge in [0, 0.05) is 53.1 Å². The van der Waals surface area contributed by atoms with E-state index in [1.807, 2.05) is 11.3 Å². The lowest BCUT2D eigenvalue weighted by Gasteiger charge is -2.28. The number of anilines is 3. The van der Waals surface area contributed by atoms with Gasteiger partial charge < -0.3 is 9.32 Å². The quantitative estimate of drug-likeness (QED) is 0.179. The van der Waals surface area contributed by atoms with Crippen LogP contribution in [0.2, 0.25) is 0 Å². The molecule has 1 aliphatic carbocycles. The molecule has 0 aliphatic heterocycles. The van der Waals surface area contributed by atoms with Gasteiger partial charge in [-0.2, -0.15) is 0 Å². The molecule has 0 amide bonds. The maximum atomic E-state index is 6.80. The first kappa shape index (κ1) is 29.8. The molecule has 2 aromatic heterocycles. The van der Waals surface area contributed by atoms with Crippen LogP contribution in [0.5, 0.6) is 0 Å². The molecule has 1 saturated carbocycles. The highest BCUT2D eigenvalue weighted by molar-refractivity contribution is 7.26. The zero-order valence-electron chi connectivity index (χ0n) is 28.7. The Bertz CT molecular complexity index is 2980. The second-order valence-electron chi connectivity index (χ2n) is 14.3. The molecule has 0 unspecified atom stereocenters. The first-order chi connectivity index (χ1) is 25.8. The Hall–Kier alpha value is -5.90. The number of rotatable bonds is 5.